The number of hydrogen-bond acceptors (Lipinski definition) is 5. The van der Waals surface area contributed by atoms with Gasteiger partial charge in [-0.2, -0.15) is 0 Å². The number of nitrogens with one attached hydrogen (secondary N) is 1. The van der Waals surface area contributed by atoms with E-state index in [9.17, 15) is 4.79 Å². The topological polar surface area (TPSA) is 64.4 Å². The number of methoxy groups -OCH3 is 1. The van der Waals surface area contributed by atoms with E-state index < -0.39 is 5.97 Å². The van der Waals surface area contributed by atoms with E-state index in [-0.39, 0.29) is 0 Å². The average molecular weight is 295 g/mol. The van der Waals surface area contributed by atoms with Crippen LogP contribution in [0, 0.1) is 6.92 Å². The summed E-state index contributed by atoms with van der Waals surface area (Å²) in [4.78, 5) is 11.4. The van der Waals surface area contributed by atoms with Gasteiger partial charge in [-0.25, -0.2) is 4.79 Å². The van der Waals surface area contributed by atoms with Crippen molar-refractivity contribution >= 4 is 17.6 Å². The average Bonchev–Trinajstić information content (AvgIpc) is 2.84. The second-order valence-electron chi connectivity index (χ2n) is 4.34. The minimum Gasteiger partial charge on any atom is -0.465 e. The highest BCUT2D eigenvalue weighted by atomic mass is 35.5. The molecule has 0 aliphatic carbocycles. The first-order chi connectivity index (χ1) is 9.60. The molecule has 1 aromatic carbocycles. The summed E-state index contributed by atoms with van der Waals surface area (Å²) in [6.45, 7) is 3.07. The molecule has 0 aliphatic heterocycles. The Kier molecular flexibility index (Phi) is 4.76. The lowest BCUT2D eigenvalue weighted by atomic mass is 10.1. The third-order valence-electron chi connectivity index (χ3n) is 2.74. The van der Waals surface area contributed by atoms with Gasteiger partial charge >= 0.3 is 5.97 Å². The summed E-state index contributed by atoms with van der Waals surface area (Å²) in [5.41, 5.74) is 2.19. The number of benzene rings is 1. The molecule has 2 rings (SSSR count). The van der Waals surface area contributed by atoms with Crippen molar-refractivity contribution in [3.63, 3.8) is 0 Å². The number of rotatable bonds is 5. The number of ether oxygens (including phenoxy) is 1. The highest BCUT2D eigenvalue weighted by Gasteiger charge is 2.10. The zero-order valence-corrected chi connectivity index (χ0v) is 12.0. The van der Waals surface area contributed by atoms with Gasteiger partial charge in [0.05, 0.1) is 29.9 Å². The van der Waals surface area contributed by atoms with E-state index in [1.165, 1.54) is 7.11 Å². The molecule has 1 aromatic heterocycles. The molecule has 1 heterocycles. The molecule has 0 saturated carbocycles. The molecule has 106 valence electrons. The van der Waals surface area contributed by atoms with Crippen LogP contribution >= 0.6 is 11.6 Å². The Balaban J connectivity index is 1.93. The summed E-state index contributed by atoms with van der Waals surface area (Å²) in [5, 5.41) is 7.40. The molecule has 0 radical (unpaired) electrons. The van der Waals surface area contributed by atoms with Gasteiger partial charge in [0.2, 0.25) is 0 Å². The van der Waals surface area contributed by atoms with Gasteiger partial charge in [0.15, 0.2) is 5.76 Å². The first-order valence-corrected chi connectivity index (χ1v) is 6.47. The van der Waals surface area contributed by atoms with E-state index in [2.05, 4.69) is 15.2 Å². The van der Waals surface area contributed by atoms with Crippen LogP contribution in [0.25, 0.3) is 0 Å². The number of hydrogen-bond donors (Lipinski definition) is 1. The van der Waals surface area contributed by atoms with Crippen LogP contribution < -0.4 is 5.32 Å². The molecule has 2 aromatic rings. The maximum absolute atomic E-state index is 11.4. The van der Waals surface area contributed by atoms with Crippen molar-refractivity contribution in [2.75, 3.05) is 7.11 Å². The summed E-state index contributed by atoms with van der Waals surface area (Å²) in [7, 11) is 1.33. The molecule has 20 heavy (non-hydrogen) atoms. The van der Waals surface area contributed by atoms with Crippen LogP contribution in [0.4, 0.5) is 0 Å². The van der Waals surface area contributed by atoms with Crippen LogP contribution in [0.1, 0.15) is 27.4 Å². The second-order valence-corrected chi connectivity index (χ2v) is 4.75. The van der Waals surface area contributed by atoms with Crippen molar-refractivity contribution in [2.45, 2.75) is 20.0 Å². The number of carbonyl (C=O) groups is 1. The Morgan fingerprint density at radius 2 is 2.20 bits per heavy atom. The number of aryl methyl sites for hydroxylation is 1. The van der Waals surface area contributed by atoms with E-state index >= 15 is 0 Å². The highest BCUT2D eigenvalue weighted by molar-refractivity contribution is 6.33. The SMILES string of the molecule is COC(=O)c1ccc(CNCc2cc(C)no2)cc1Cl. The Labute approximate surface area is 121 Å². The van der Waals surface area contributed by atoms with E-state index in [1.807, 2.05) is 19.1 Å². The van der Waals surface area contributed by atoms with Crippen LogP contribution in [0.3, 0.4) is 0 Å². The predicted molar refractivity (Wildman–Crippen MR) is 74.6 cm³/mol. The molecular weight excluding hydrogens is 280 g/mol. The van der Waals surface area contributed by atoms with Crippen LogP contribution in [-0.2, 0) is 17.8 Å². The molecular formula is C14H15ClN2O3. The lowest BCUT2D eigenvalue weighted by molar-refractivity contribution is 0.0601. The fourth-order valence-corrected chi connectivity index (χ4v) is 2.05. The standard InChI is InChI=1S/C14H15ClN2O3/c1-9-5-11(20-17-9)8-16-7-10-3-4-12(13(15)6-10)14(18)19-2/h3-6,16H,7-8H2,1-2H3. The molecule has 0 saturated heterocycles. The summed E-state index contributed by atoms with van der Waals surface area (Å²) in [6.07, 6.45) is 0. The molecule has 0 atom stereocenters. The normalized spacial score (nSPS) is 10.6. The van der Waals surface area contributed by atoms with Crippen molar-refractivity contribution in [3.05, 3.63) is 51.9 Å². The summed E-state index contributed by atoms with van der Waals surface area (Å²) < 4.78 is 9.73. The van der Waals surface area contributed by atoms with E-state index in [0.29, 0.717) is 23.7 Å². The minimum atomic E-state index is -0.438. The van der Waals surface area contributed by atoms with Crippen LogP contribution in [0.15, 0.2) is 28.8 Å². The quantitative estimate of drug-likeness (QED) is 0.859. The van der Waals surface area contributed by atoms with Crippen LogP contribution in [0.2, 0.25) is 5.02 Å². The zero-order valence-electron chi connectivity index (χ0n) is 11.3. The van der Waals surface area contributed by atoms with Crippen molar-refractivity contribution in [3.8, 4) is 0 Å². The first kappa shape index (κ1) is 14.6. The monoisotopic (exact) mass is 294 g/mol. The predicted octanol–water partition coefficient (Wildman–Crippen LogP) is 2.71. The molecule has 0 spiro atoms. The number of halogens is 1. The van der Waals surface area contributed by atoms with Crippen molar-refractivity contribution in [2.24, 2.45) is 0 Å². The van der Waals surface area contributed by atoms with E-state index in [1.54, 1.807) is 12.1 Å². The molecule has 5 nitrogen and oxygen atoms in total. The van der Waals surface area contributed by atoms with Crippen molar-refractivity contribution in [1.29, 1.82) is 0 Å². The molecule has 0 unspecified atom stereocenters. The van der Waals surface area contributed by atoms with Gasteiger partial charge in [-0.3, -0.25) is 0 Å². The van der Waals surface area contributed by atoms with Gasteiger partial charge in [0.25, 0.3) is 0 Å². The maximum Gasteiger partial charge on any atom is 0.339 e. The zero-order chi connectivity index (χ0) is 14.5. The fraction of sp³-hybridized carbons (Fsp3) is 0.286. The summed E-state index contributed by atoms with van der Waals surface area (Å²) in [5.74, 6) is 0.339. The third kappa shape index (κ3) is 3.59. The molecule has 6 heteroatoms. The first-order valence-electron chi connectivity index (χ1n) is 6.10. The molecule has 0 fully saturated rings. The smallest absolute Gasteiger partial charge is 0.339 e. The third-order valence-corrected chi connectivity index (χ3v) is 3.06. The van der Waals surface area contributed by atoms with Gasteiger partial charge < -0.3 is 14.6 Å². The molecule has 0 aliphatic rings. The van der Waals surface area contributed by atoms with Crippen LogP contribution in [-0.4, -0.2) is 18.2 Å². The van der Waals surface area contributed by atoms with Crippen molar-refractivity contribution in [1.82, 2.24) is 10.5 Å². The summed E-state index contributed by atoms with van der Waals surface area (Å²) >= 11 is 6.05. The van der Waals surface area contributed by atoms with Crippen LogP contribution in [0.5, 0.6) is 0 Å². The highest BCUT2D eigenvalue weighted by Crippen LogP contribution is 2.18. The van der Waals surface area contributed by atoms with E-state index in [0.717, 1.165) is 17.0 Å². The van der Waals surface area contributed by atoms with Crippen molar-refractivity contribution < 1.29 is 14.1 Å². The van der Waals surface area contributed by atoms with E-state index in [4.69, 9.17) is 16.1 Å². The van der Waals surface area contributed by atoms with Gasteiger partial charge in [0.1, 0.15) is 0 Å². The summed E-state index contributed by atoms with van der Waals surface area (Å²) in [6, 6.07) is 7.10. The number of carbonyl (C=O) groups excluding carboxylic acids is 1. The maximum atomic E-state index is 11.4. The Morgan fingerprint density at radius 1 is 1.40 bits per heavy atom. The number of aromatic nitrogens is 1. The van der Waals surface area contributed by atoms with Gasteiger partial charge in [-0.15, -0.1) is 0 Å². The lowest BCUT2D eigenvalue weighted by Gasteiger charge is -2.06. The molecule has 1 N–H and O–H groups in total. The molecule has 0 bridgehead atoms. The Bertz CT molecular complexity index is 610. The number of esters is 1. The Hall–Kier alpha value is -1.85. The minimum absolute atomic E-state index is 0.365. The van der Waals surface area contributed by atoms with Gasteiger partial charge in [-0.1, -0.05) is 22.8 Å². The Morgan fingerprint density at radius 3 is 2.80 bits per heavy atom. The lowest BCUT2D eigenvalue weighted by Crippen LogP contribution is -2.12. The largest absolute Gasteiger partial charge is 0.465 e. The van der Waals surface area contributed by atoms with Gasteiger partial charge in [0, 0.05) is 12.6 Å². The fourth-order valence-electron chi connectivity index (χ4n) is 1.77. The number of nitrogens with zero attached hydrogens (tertiary/aromatic N) is 1. The second kappa shape index (κ2) is 6.54. The molecule has 0 amide bonds. The van der Waals surface area contributed by atoms with Gasteiger partial charge in [-0.05, 0) is 24.6 Å².